The highest BCUT2D eigenvalue weighted by Crippen LogP contribution is 2.38. The lowest BCUT2D eigenvalue weighted by Crippen LogP contribution is -1.98. The number of furan rings is 1. The Labute approximate surface area is 164 Å². The van der Waals surface area contributed by atoms with Crippen molar-refractivity contribution in [2.24, 2.45) is 0 Å². The zero-order valence-corrected chi connectivity index (χ0v) is 16.4. The first kappa shape index (κ1) is 15.9. The van der Waals surface area contributed by atoms with Crippen LogP contribution in [0, 0.1) is 0 Å². The topological polar surface area (TPSA) is 43.4 Å². The van der Waals surface area contributed by atoms with Gasteiger partial charge in [0, 0.05) is 26.9 Å². The summed E-state index contributed by atoms with van der Waals surface area (Å²) in [4.78, 5) is 12.1. The van der Waals surface area contributed by atoms with E-state index in [1.54, 1.807) is 0 Å². The molecule has 126 valence electrons. The molecule has 0 aliphatic carbocycles. The molecule has 0 aliphatic rings. The first-order valence-corrected chi connectivity index (χ1v) is 9.53. The first-order valence-electron chi connectivity index (χ1n) is 7.95. The lowest BCUT2D eigenvalue weighted by atomic mass is 10.0. The molecule has 3 nitrogen and oxygen atoms in total. The molecule has 0 fully saturated rings. The van der Waals surface area contributed by atoms with Crippen molar-refractivity contribution in [3.8, 4) is 11.3 Å². The maximum Gasteiger partial charge on any atom is 0.336 e. The maximum absolute atomic E-state index is 12.1. The number of halogens is 2. The Bertz CT molecular complexity index is 1380. The van der Waals surface area contributed by atoms with Crippen LogP contribution < -0.4 is 5.63 Å². The van der Waals surface area contributed by atoms with Crippen LogP contribution in [0.3, 0.4) is 0 Å². The zero-order valence-electron chi connectivity index (χ0n) is 13.3. The van der Waals surface area contributed by atoms with Crippen molar-refractivity contribution in [1.29, 1.82) is 0 Å². The third-order valence-corrected chi connectivity index (χ3v) is 5.48. The van der Waals surface area contributed by atoms with E-state index in [2.05, 4.69) is 31.9 Å². The molecular formula is C21H10Br2O3. The van der Waals surface area contributed by atoms with E-state index < -0.39 is 5.63 Å². The van der Waals surface area contributed by atoms with Gasteiger partial charge in [-0.15, -0.1) is 0 Å². The van der Waals surface area contributed by atoms with Crippen LogP contribution in [0.1, 0.15) is 0 Å². The molecule has 0 unspecified atom stereocenters. The highest BCUT2D eigenvalue weighted by atomic mass is 79.9. The molecule has 0 spiro atoms. The number of benzene rings is 3. The first-order chi connectivity index (χ1) is 12.6. The van der Waals surface area contributed by atoms with Crippen molar-refractivity contribution >= 4 is 64.6 Å². The molecule has 0 radical (unpaired) electrons. The lowest BCUT2D eigenvalue weighted by Gasteiger charge is -2.06. The number of hydrogen-bond acceptors (Lipinski definition) is 3. The molecule has 5 aromatic rings. The standard InChI is InChI=1S/C21H10Br2O3/c22-13-7-12-8-18(26-21(12)16(23)9-13)15-10-19(24)25-17-6-5-11-3-1-2-4-14(11)20(15)17/h1-10H. The minimum absolute atomic E-state index is 0.400. The van der Waals surface area contributed by atoms with E-state index >= 15 is 0 Å². The summed E-state index contributed by atoms with van der Waals surface area (Å²) in [5.41, 5.74) is 1.62. The van der Waals surface area contributed by atoms with Crippen LogP contribution in [0.15, 0.2) is 83.2 Å². The Morgan fingerprint density at radius 1 is 0.808 bits per heavy atom. The molecule has 5 rings (SSSR count). The van der Waals surface area contributed by atoms with Crippen molar-refractivity contribution in [1.82, 2.24) is 0 Å². The Balaban J connectivity index is 1.93. The van der Waals surface area contributed by atoms with E-state index in [9.17, 15) is 4.79 Å². The monoisotopic (exact) mass is 468 g/mol. The number of rotatable bonds is 1. The fourth-order valence-electron chi connectivity index (χ4n) is 3.35. The van der Waals surface area contributed by atoms with Crippen LogP contribution in [-0.2, 0) is 0 Å². The Kier molecular flexibility index (Phi) is 3.55. The molecule has 0 saturated heterocycles. The SMILES string of the molecule is O=c1cc(-c2cc3cc(Br)cc(Br)c3o2)c2c(ccc3ccccc32)o1. The normalized spacial score (nSPS) is 11.6. The van der Waals surface area contributed by atoms with Gasteiger partial charge in [0.2, 0.25) is 0 Å². The molecule has 0 amide bonds. The second kappa shape index (κ2) is 5.83. The van der Waals surface area contributed by atoms with Crippen LogP contribution in [0.2, 0.25) is 0 Å². The van der Waals surface area contributed by atoms with E-state index in [0.717, 1.165) is 41.6 Å². The minimum atomic E-state index is -0.400. The Hall–Kier alpha value is -2.37. The summed E-state index contributed by atoms with van der Waals surface area (Å²) in [7, 11) is 0. The predicted molar refractivity (Wildman–Crippen MR) is 111 cm³/mol. The van der Waals surface area contributed by atoms with Gasteiger partial charge in [-0.05, 0) is 51.0 Å². The summed E-state index contributed by atoms with van der Waals surface area (Å²) in [6, 6.07) is 19.2. The van der Waals surface area contributed by atoms with Crippen molar-refractivity contribution in [3.05, 3.63) is 80.0 Å². The average Bonchev–Trinajstić information content (AvgIpc) is 3.05. The fourth-order valence-corrected chi connectivity index (χ4v) is 4.68. The third kappa shape index (κ3) is 2.42. The molecule has 2 aromatic heterocycles. The van der Waals surface area contributed by atoms with Gasteiger partial charge in [0.25, 0.3) is 0 Å². The lowest BCUT2D eigenvalue weighted by molar-refractivity contribution is 0.560. The molecule has 0 bridgehead atoms. The molecule has 2 heterocycles. The van der Waals surface area contributed by atoms with Gasteiger partial charge in [0.05, 0.1) is 4.47 Å². The summed E-state index contributed by atoms with van der Waals surface area (Å²) < 4.78 is 13.3. The van der Waals surface area contributed by atoms with Gasteiger partial charge < -0.3 is 8.83 Å². The molecule has 0 saturated carbocycles. The zero-order chi connectivity index (χ0) is 17.8. The molecule has 0 N–H and O–H groups in total. The van der Waals surface area contributed by atoms with Gasteiger partial charge >= 0.3 is 5.63 Å². The van der Waals surface area contributed by atoms with E-state index in [1.807, 2.05) is 54.6 Å². The van der Waals surface area contributed by atoms with Crippen molar-refractivity contribution in [2.45, 2.75) is 0 Å². The average molecular weight is 470 g/mol. The smallest absolute Gasteiger partial charge is 0.336 e. The molecule has 0 aliphatic heterocycles. The van der Waals surface area contributed by atoms with Crippen molar-refractivity contribution in [3.63, 3.8) is 0 Å². The quantitative estimate of drug-likeness (QED) is 0.198. The number of fused-ring (bicyclic) bond motifs is 4. The van der Waals surface area contributed by atoms with Crippen molar-refractivity contribution in [2.75, 3.05) is 0 Å². The molecule has 26 heavy (non-hydrogen) atoms. The largest absolute Gasteiger partial charge is 0.455 e. The van der Waals surface area contributed by atoms with Gasteiger partial charge in [-0.2, -0.15) is 0 Å². The highest BCUT2D eigenvalue weighted by Gasteiger charge is 2.16. The Morgan fingerprint density at radius 2 is 1.65 bits per heavy atom. The van der Waals surface area contributed by atoms with Gasteiger partial charge in [-0.1, -0.05) is 46.3 Å². The fraction of sp³-hybridized carbons (Fsp3) is 0. The van der Waals surface area contributed by atoms with Crippen LogP contribution in [-0.4, -0.2) is 0 Å². The van der Waals surface area contributed by atoms with Crippen molar-refractivity contribution < 1.29 is 8.83 Å². The minimum Gasteiger partial charge on any atom is -0.455 e. The van der Waals surface area contributed by atoms with Crippen LogP contribution in [0.4, 0.5) is 0 Å². The molecule has 0 atom stereocenters. The highest BCUT2D eigenvalue weighted by molar-refractivity contribution is 9.11. The van der Waals surface area contributed by atoms with Gasteiger partial charge in [0.1, 0.15) is 16.9 Å². The second-order valence-corrected chi connectivity index (χ2v) is 7.83. The van der Waals surface area contributed by atoms with E-state index in [-0.39, 0.29) is 0 Å². The van der Waals surface area contributed by atoms with Gasteiger partial charge in [0.15, 0.2) is 0 Å². The molecular weight excluding hydrogens is 460 g/mol. The van der Waals surface area contributed by atoms with Crippen LogP contribution in [0.25, 0.3) is 44.0 Å². The summed E-state index contributed by atoms with van der Waals surface area (Å²) in [6.45, 7) is 0. The molecule has 5 heteroatoms. The van der Waals surface area contributed by atoms with Gasteiger partial charge in [-0.25, -0.2) is 4.79 Å². The van der Waals surface area contributed by atoms with Gasteiger partial charge in [-0.3, -0.25) is 0 Å². The number of hydrogen-bond donors (Lipinski definition) is 0. The second-order valence-electron chi connectivity index (χ2n) is 6.06. The summed E-state index contributed by atoms with van der Waals surface area (Å²) in [6.07, 6.45) is 0. The van der Waals surface area contributed by atoms with Crippen LogP contribution >= 0.6 is 31.9 Å². The summed E-state index contributed by atoms with van der Waals surface area (Å²) in [5.74, 6) is 0.632. The van der Waals surface area contributed by atoms with E-state index in [4.69, 9.17) is 8.83 Å². The summed E-state index contributed by atoms with van der Waals surface area (Å²) in [5, 5.41) is 3.92. The maximum atomic E-state index is 12.1. The van der Waals surface area contributed by atoms with E-state index in [1.165, 1.54) is 6.07 Å². The van der Waals surface area contributed by atoms with Crippen LogP contribution in [0.5, 0.6) is 0 Å². The summed E-state index contributed by atoms with van der Waals surface area (Å²) >= 11 is 7.03. The predicted octanol–water partition coefficient (Wildman–Crippen LogP) is 6.88. The van der Waals surface area contributed by atoms with E-state index in [0.29, 0.717) is 11.3 Å². The molecule has 3 aromatic carbocycles. The third-order valence-electron chi connectivity index (χ3n) is 4.43. The Morgan fingerprint density at radius 3 is 2.54 bits per heavy atom.